The number of tetrazole rings is 1. The molecule has 2 heterocycles. The summed E-state index contributed by atoms with van der Waals surface area (Å²) in [5.74, 6) is 0.265. The van der Waals surface area contributed by atoms with Gasteiger partial charge in [-0.2, -0.15) is 5.21 Å². The Morgan fingerprint density at radius 1 is 1.44 bits per heavy atom. The summed E-state index contributed by atoms with van der Waals surface area (Å²) in [7, 11) is -3.67. The summed E-state index contributed by atoms with van der Waals surface area (Å²) in [5, 5.41) is 13.1. The van der Waals surface area contributed by atoms with Crippen molar-refractivity contribution in [2.45, 2.75) is 17.9 Å². The van der Waals surface area contributed by atoms with Crippen LogP contribution in [0.25, 0.3) is 0 Å². The topological polar surface area (TPSA) is 114 Å². The van der Waals surface area contributed by atoms with Crippen LogP contribution < -0.4 is 4.72 Å². The number of rotatable bonds is 4. The van der Waals surface area contributed by atoms with Crippen molar-refractivity contribution in [2.24, 2.45) is 0 Å². The summed E-state index contributed by atoms with van der Waals surface area (Å²) < 4.78 is 27.1. The lowest BCUT2D eigenvalue weighted by atomic mass is 10.4. The molecule has 2 aromatic rings. The number of nitrogens with one attached hydrogen (secondary N) is 2. The summed E-state index contributed by atoms with van der Waals surface area (Å²) in [5.41, 5.74) is 0. The average molecular weight is 333 g/mol. The second kappa shape index (κ2) is 5.08. The highest BCUT2D eigenvalue weighted by molar-refractivity contribution is 9.10. The van der Waals surface area contributed by atoms with E-state index in [1.807, 2.05) is 0 Å². The molecule has 10 heteroatoms. The van der Waals surface area contributed by atoms with Gasteiger partial charge in [0.25, 0.3) is 0 Å². The molecular weight excluding hydrogens is 324 g/mol. The van der Waals surface area contributed by atoms with E-state index in [0.29, 0.717) is 4.47 Å². The van der Waals surface area contributed by atoms with Crippen LogP contribution in [0.1, 0.15) is 18.8 Å². The first-order valence-electron chi connectivity index (χ1n) is 4.85. The van der Waals surface area contributed by atoms with Crippen molar-refractivity contribution in [1.29, 1.82) is 0 Å². The number of halogens is 1. The maximum absolute atomic E-state index is 12.0. The van der Waals surface area contributed by atoms with E-state index in [9.17, 15) is 8.42 Å². The first-order valence-corrected chi connectivity index (χ1v) is 7.13. The van der Waals surface area contributed by atoms with Gasteiger partial charge < -0.3 is 0 Å². The smallest absolute Gasteiger partial charge is 0.242 e. The monoisotopic (exact) mass is 332 g/mol. The quantitative estimate of drug-likeness (QED) is 0.837. The lowest BCUT2D eigenvalue weighted by Crippen LogP contribution is -2.27. The van der Waals surface area contributed by atoms with Crippen LogP contribution in [0.3, 0.4) is 0 Å². The van der Waals surface area contributed by atoms with E-state index in [1.54, 1.807) is 6.92 Å². The fraction of sp³-hybridized carbons (Fsp3) is 0.250. The molecule has 2 rings (SSSR count). The molecule has 2 N–H and O–H groups in total. The molecule has 0 bridgehead atoms. The molecule has 96 valence electrons. The fourth-order valence-electron chi connectivity index (χ4n) is 1.25. The first kappa shape index (κ1) is 13.1. The van der Waals surface area contributed by atoms with Gasteiger partial charge in [-0.1, -0.05) is 5.21 Å². The SMILES string of the molecule is CC(NS(=O)(=O)c1cncc(Br)c1)c1nn[nH]n1. The van der Waals surface area contributed by atoms with E-state index in [4.69, 9.17) is 0 Å². The van der Waals surface area contributed by atoms with E-state index in [1.165, 1.54) is 18.5 Å². The average Bonchev–Trinajstić information content (AvgIpc) is 2.82. The van der Waals surface area contributed by atoms with Crippen molar-refractivity contribution < 1.29 is 8.42 Å². The molecule has 0 aliphatic carbocycles. The Bertz CT molecular complexity index is 629. The zero-order valence-electron chi connectivity index (χ0n) is 9.20. The molecule has 2 aromatic heterocycles. The zero-order chi connectivity index (χ0) is 13.2. The van der Waals surface area contributed by atoms with Crippen molar-refractivity contribution in [3.8, 4) is 0 Å². The summed E-state index contributed by atoms with van der Waals surface area (Å²) >= 11 is 3.17. The number of H-pyrrole nitrogens is 1. The molecular formula is C8H9BrN6O2S. The van der Waals surface area contributed by atoms with Gasteiger partial charge in [0.15, 0.2) is 5.82 Å². The van der Waals surface area contributed by atoms with Crippen LogP contribution in [0.2, 0.25) is 0 Å². The minimum Gasteiger partial charge on any atom is -0.262 e. The Labute approximate surface area is 111 Å². The highest BCUT2D eigenvalue weighted by Crippen LogP contribution is 2.16. The van der Waals surface area contributed by atoms with Crippen LogP contribution in [0.5, 0.6) is 0 Å². The number of pyridine rings is 1. The number of aromatic amines is 1. The molecule has 0 amide bonds. The van der Waals surface area contributed by atoms with E-state index < -0.39 is 16.1 Å². The Hall–Kier alpha value is -1.39. The second-order valence-electron chi connectivity index (χ2n) is 3.45. The Balaban J connectivity index is 2.22. The summed E-state index contributed by atoms with van der Waals surface area (Å²) in [6.07, 6.45) is 2.76. The molecule has 0 aliphatic heterocycles. The fourth-order valence-corrected chi connectivity index (χ4v) is 2.95. The molecule has 0 spiro atoms. The van der Waals surface area contributed by atoms with Gasteiger partial charge in [-0.15, -0.1) is 10.2 Å². The number of aromatic nitrogens is 5. The number of nitrogens with zero attached hydrogens (tertiary/aromatic N) is 4. The summed E-state index contributed by atoms with van der Waals surface area (Å²) in [6.45, 7) is 1.62. The van der Waals surface area contributed by atoms with Crippen molar-refractivity contribution in [3.63, 3.8) is 0 Å². The van der Waals surface area contributed by atoms with Gasteiger partial charge in [0, 0.05) is 16.9 Å². The first-order chi connectivity index (χ1) is 8.49. The zero-order valence-corrected chi connectivity index (χ0v) is 11.6. The molecule has 1 unspecified atom stereocenters. The molecule has 1 atom stereocenters. The van der Waals surface area contributed by atoms with E-state index >= 15 is 0 Å². The van der Waals surface area contributed by atoms with E-state index in [2.05, 4.69) is 46.3 Å². The summed E-state index contributed by atoms with van der Waals surface area (Å²) in [6, 6.07) is 0.867. The standard InChI is InChI=1S/C8H9BrN6O2S/c1-5(8-11-14-15-12-8)13-18(16,17)7-2-6(9)3-10-4-7/h2-5,13H,1H3,(H,11,12,14,15). The largest absolute Gasteiger partial charge is 0.262 e. The van der Waals surface area contributed by atoms with Crippen molar-refractivity contribution in [3.05, 3.63) is 28.8 Å². The normalized spacial score (nSPS) is 13.4. The Morgan fingerprint density at radius 3 is 2.83 bits per heavy atom. The molecule has 0 saturated carbocycles. The third-order valence-corrected chi connectivity index (χ3v) is 4.01. The number of hydrogen-bond donors (Lipinski definition) is 2. The second-order valence-corrected chi connectivity index (χ2v) is 6.08. The van der Waals surface area contributed by atoms with Crippen LogP contribution in [0.15, 0.2) is 27.8 Å². The summed E-state index contributed by atoms with van der Waals surface area (Å²) in [4.78, 5) is 3.87. The lowest BCUT2D eigenvalue weighted by Gasteiger charge is -2.10. The van der Waals surface area contributed by atoms with Crippen molar-refractivity contribution in [2.75, 3.05) is 0 Å². The van der Waals surface area contributed by atoms with Gasteiger partial charge in [-0.25, -0.2) is 13.1 Å². The van der Waals surface area contributed by atoms with Crippen LogP contribution in [0.4, 0.5) is 0 Å². The molecule has 8 nitrogen and oxygen atoms in total. The van der Waals surface area contributed by atoms with Crippen LogP contribution in [0, 0.1) is 0 Å². The molecule has 0 aromatic carbocycles. The number of hydrogen-bond acceptors (Lipinski definition) is 6. The Kier molecular flexibility index (Phi) is 3.68. The highest BCUT2D eigenvalue weighted by atomic mass is 79.9. The van der Waals surface area contributed by atoms with Gasteiger partial charge in [-0.05, 0) is 28.9 Å². The van der Waals surface area contributed by atoms with Gasteiger partial charge in [0.1, 0.15) is 4.90 Å². The highest BCUT2D eigenvalue weighted by Gasteiger charge is 2.21. The van der Waals surface area contributed by atoms with E-state index in [0.717, 1.165) is 0 Å². The molecule has 0 fully saturated rings. The molecule has 0 radical (unpaired) electrons. The third-order valence-electron chi connectivity index (χ3n) is 2.07. The van der Waals surface area contributed by atoms with Gasteiger partial charge in [-0.3, -0.25) is 4.98 Å². The number of sulfonamides is 1. The molecule has 18 heavy (non-hydrogen) atoms. The van der Waals surface area contributed by atoms with Crippen LogP contribution in [-0.4, -0.2) is 34.0 Å². The van der Waals surface area contributed by atoms with Crippen LogP contribution in [-0.2, 0) is 10.0 Å². The van der Waals surface area contributed by atoms with E-state index in [-0.39, 0.29) is 10.7 Å². The maximum Gasteiger partial charge on any atom is 0.242 e. The molecule has 0 aliphatic rings. The third kappa shape index (κ3) is 2.89. The van der Waals surface area contributed by atoms with Gasteiger partial charge in [0.2, 0.25) is 10.0 Å². The predicted octanol–water partition coefficient (Wildman–Crippen LogP) is 0.397. The maximum atomic E-state index is 12.0. The van der Waals surface area contributed by atoms with Crippen molar-refractivity contribution >= 4 is 26.0 Å². The van der Waals surface area contributed by atoms with Gasteiger partial charge >= 0.3 is 0 Å². The van der Waals surface area contributed by atoms with Gasteiger partial charge in [0.05, 0.1) is 6.04 Å². The Morgan fingerprint density at radius 2 is 2.22 bits per heavy atom. The predicted molar refractivity (Wildman–Crippen MR) is 64.9 cm³/mol. The lowest BCUT2D eigenvalue weighted by molar-refractivity contribution is 0.559. The van der Waals surface area contributed by atoms with Crippen LogP contribution >= 0.6 is 15.9 Å². The molecule has 0 saturated heterocycles. The van der Waals surface area contributed by atoms with Crippen molar-refractivity contribution in [1.82, 2.24) is 30.3 Å². The minimum atomic E-state index is -3.67. The minimum absolute atomic E-state index is 0.0622.